The van der Waals surface area contributed by atoms with Crippen LogP contribution in [0.3, 0.4) is 0 Å². The van der Waals surface area contributed by atoms with Gasteiger partial charge in [0.25, 0.3) is 0 Å². The zero-order chi connectivity index (χ0) is 22.7. The van der Waals surface area contributed by atoms with E-state index in [4.69, 9.17) is 4.74 Å². The van der Waals surface area contributed by atoms with Crippen molar-refractivity contribution in [1.29, 1.82) is 0 Å². The lowest BCUT2D eigenvalue weighted by Gasteiger charge is -2.14. The summed E-state index contributed by atoms with van der Waals surface area (Å²) >= 11 is 1.09. The second-order valence-corrected chi connectivity index (χ2v) is 7.71. The first-order valence-corrected chi connectivity index (χ1v) is 10.5. The van der Waals surface area contributed by atoms with Crippen molar-refractivity contribution in [1.82, 2.24) is 14.8 Å². The van der Waals surface area contributed by atoms with Crippen molar-refractivity contribution in [3.05, 3.63) is 89.7 Å². The van der Waals surface area contributed by atoms with E-state index in [0.717, 1.165) is 17.8 Å². The Balaban J connectivity index is 1.76. The SMILES string of the molecule is COc1ccc(-n2c(SCc3ccccc3C(F)(F)F)nnc2-c2ccccc2F)cc1. The molecule has 0 aliphatic carbocycles. The minimum Gasteiger partial charge on any atom is -0.497 e. The molecule has 3 aromatic carbocycles. The van der Waals surface area contributed by atoms with Gasteiger partial charge < -0.3 is 4.74 Å². The maximum Gasteiger partial charge on any atom is 0.416 e. The van der Waals surface area contributed by atoms with E-state index < -0.39 is 17.6 Å². The zero-order valence-electron chi connectivity index (χ0n) is 16.8. The molecular weight excluding hydrogens is 442 g/mol. The molecule has 0 radical (unpaired) electrons. The van der Waals surface area contributed by atoms with Gasteiger partial charge in [0.2, 0.25) is 0 Å². The van der Waals surface area contributed by atoms with Crippen molar-refractivity contribution < 1.29 is 22.3 Å². The number of methoxy groups -OCH3 is 1. The number of halogens is 4. The summed E-state index contributed by atoms with van der Waals surface area (Å²) in [7, 11) is 1.54. The molecule has 1 heterocycles. The summed E-state index contributed by atoms with van der Waals surface area (Å²) < 4.78 is 61.4. The van der Waals surface area contributed by atoms with E-state index in [1.807, 2.05) is 0 Å². The maximum absolute atomic E-state index is 14.5. The molecule has 0 atom stereocenters. The van der Waals surface area contributed by atoms with Crippen LogP contribution in [0.15, 0.2) is 78.0 Å². The first kappa shape index (κ1) is 21.9. The molecule has 0 aliphatic rings. The number of ether oxygens (including phenoxy) is 1. The van der Waals surface area contributed by atoms with Crippen molar-refractivity contribution in [3.8, 4) is 22.8 Å². The van der Waals surface area contributed by atoms with Gasteiger partial charge in [0, 0.05) is 5.75 Å². The number of thioether (sulfide) groups is 1. The summed E-state index contributed by atoms with van der Waals surface area (Å²) in [5, 5.41) is 8.64. The number of hydrogen-bond acceptors (Lipinski definition) is 4. The highest BCUT2D eigenvalue weighted by atomic mass is 32.2. The molecule has 0 unspecified atom stereocenters. The fourth-order valence-corrected chi connectivity index (χ4v) is 4.17. The lowest BCUT2D eigenvalue weighted by molar-refractivity contribution is -0.138. The summed E-state index contributed by atoms with van der Waals surface area (Å²) in [6.45, 7) is 0. The molecule has 4 rings (SSSR count). The van der Waals surface area contributed by atoms with E-state index in [2.05, 4.69) is 10.2 Å². The molecule has 0 saturated heterocycles. The lowest BCUT2D eigenvalue weighted by atomic mass is 10.1. The van der Waals surface area contributed by atoms with Gasteiger partial charge in [-0.2, -0.15) is 13.2 Å². The minimum atomic E-state index is -4.46. The van der Waals surface area contributed by atoms with Crippen LogP contribution in [0.4, 0.5) is 17.6 Å². The van der Waals surface area contributed by atoms with E-state index in [9.17, 15) is 17.6 Å². The van der Waals surface area contributed by atoms with Crippen LogP contribution in [0.25, 0.3) is 17.1 Å². The van der Waals surface area contributed by atoms with E-state index >= 15 is 0 Å². The summed E-state index contributed by atoms with van der Waals surface area (Å²) in [5.74, 6) is 0.414. The molecule has 9 heteroatoms. The Labute approximate surface area is 185 Å². The quantitative estimate of drug-likeness (QED) is 0.247. The molecule has 0 N–H and O–H groups in total. The largest absolute Gasteiger partial charge is 0.497 e. The Bertz CT molecular complexity index is 1220. The van der Waals surface area contributed by atoms with Crippen LogP contribution in [0.5, 0.6) is 5.75 Å². The molecule has 164 valence electrons. The van der Waals surface area contributed by atoms with E-state index in [0.29, 0.717) is 16.6 Å². The first-order valence-electron chi connectivity index (χ1n) is 9.51. The highest BCUT2D eigenvalue weighted by molar-refractivity contribution is 7.98. The Morgan fingerprint density at radius 1 is 0.906 bits per heavy atom. The summed E-state index contributed by atoms with van der Waals surface area (Å²) in [6.07, 6.45) is -4.46. The maximum atomic E-state index is 14.5. The molecular formula is C23H17F4N3OS. The molecule has 4 aromatic rings. The van der Waals surface area contributed by atoms with Gasteiger partial charge in [-0.25, -0.2) is 4.39 Å². The third kappa shape index (κ3) is 4.47. The van der Waals surface area contributed by atoms with Crippen LogP contribution in [-0.2, 0) is 11.9 Å². The molecule has 0 fully saturated rings. The Morgan fingerprint density at radius 2 is 1.59 bits per heavy atom. The summed E-state index contributed by atoms with van der Waals surface area (Å²) in [4.78, 5) is 0. The predicted octanol–water partition coefficient (Wildman–Crippen LogP) is 6.39. The van der Waals surface area contributed by atoms with Crippen molar-refractivity contribution in [2.24, 2.45) is 0 Å². The molecule has 0 spiro atoms. The van der Waals surface area contributed by atoms with Crippen molar-refractivity contribution in [2.75, 3.05) is 7.11 Å². The average Bonchev–Trinajstić information content (AvgIpc) is 3.21. The monoisotopic (exact) mass is 459 g/mol. The Hall–Kier alpha value is -3.33. The minimum absolute atomic E-state index is 0.0151. The summed E-state index contributed by atoms with van der Waals surface area (Å²) in [6, 6.07) is 18.5. The second-order valence-electron chi connectivity index (χ2n) is 6.76. The van der Waals surface area contributed by atoms with Crippen LogP contribution in [0.2, 0.25) is 0 Å². The lowest BCUT2D eigenvalue weighted by Crippen LogP contribution is -2.08. The molecule has 4 nitrogen and oxygen atoms in total. The van der Waals surface area contributed by atoms with Gasteiger partial charge in [-0.15, -0.1) is 10.2 Å². The number of nitrogens with zero attached hydrogens (tertiary/aromatic N) is 3. The van der Waals surface area contributed by atoms with Gasteiger partial charge in [0.15, 0.2) is 11.0 Å². The van der Waals surface area contributed by atoms with Crippen LogP contribution in [0.1, 0.15) is 11.1 Å². The van der Waals surface area contributed by atoms with E-state index in [1.165, 1.54) is 25.3 Å². The fraction of sp³-hybridized carbons (Fsp3) is 0.130. The average molecular weight is 459 g/mol. The molecule has 0 bridgehead atoms. The van der Waals surface area contributed by atoms with Crippen molar-refractivity contribution in [3.63, 3.8) is 0 Å². The van der Waals surface area contributed by atoms with Gasteiger partial charge in [0.05, 0.1) is 23.9 Å². The van der Waals surface area contributed by atoms with Gasteiger partial charge in [-0.3, -0.25) is 4.57 Å². The Morgan fingerprint density at radius 3 is 2.28 bits per heavy atom. The number of hydrogen-bond donors (Lipinski definition) is 0. The highest BCUT2D eigenvalue weighted by Crippen LogP contribution is 2.36. The van der Waals surface area contributed by atoms with Gasteiger partial charge in [-0.1, -0.05) is 42.1 Å². The van der Waals surface area contributed by atoms with Crippen molar-refractivity contribution >= 4 is 11.8 Å². The second kappa shape index (κ2) is 9.04. The zero-order valence-corrected chi connectivity index (χ0v) is 17.6. The standard InChI is InChI=1S/C23H17F4N3OS/c1-31-17-12-10-16(11-13-17)30-21(18-7-3-5-9-20(18)24)28-29-22(30)32-14-15-6-2-4-8-19(15)23(25,26)27/h2-13H,14H2,1H3. The number of rotatable bonds is 6. The van der Waals surface area contributed by atoms with Crippen molar-refractivity contribution in [2.45, 2.75) is 17.1 Å². The topological polar surface area (TPSA) is 39.9 Å². The molecule has 32 heavy (non-hydrogen) atoms. The molecule has 1 aromatic heterocycles. The van der Waals surface area contributed by atoms with Crippen LogP contribution < -0.4 is 4.74 Å². The Kier molecular flexibility index (Phi) is 6.18. The van der Waals surface area contributed by atoms with Crippen LogP contribution in [-0.4, -0.2) is 21.9 Å². The first-order chi connectivity index (χ1) is 15.4. The van der Waals surface area contributed by atoms with Crippen LogP contribution >= 0.6 is 11.8 Å². The normalized spacial score (nSPS) is 11.5. The molecule has 0 amide bonds. The summed E-state index contributed by atoms with van der Waals surface area (Å²) in [5.41, 5.74) is 0.290. The number of benzene rings is 3. The molecule has 0 saturated carbocycles. The fourth-order valence-electron chi connectivity index (χ4n) is 3.21. The van der Waals surface area contributed by atoms with E-state index in [-0.39, 0.29) is 22.7 Å². The molecule has 0 aliphatic heterocycles. The highest BCUT2D eigenvalue weighted by Gasteiger charge is 2.33. The van der Waals surface area contributed by atoms with Gasteiger partial charge in [-0.05, 0) is 48.0 Å². The number of alkyl halides is 3. The van der Waals surface area contributed by atoms with E-state index in [1.54, 1.807) is 53.1 Å². The number of aromatic nitrogens is 3. The van der Waals surface area contributed by atoms with Gasteiger partial charge >= 0.3 is 6.18 Å². The predicted molar refractivity (Wildman–Crippen MR) is 114 cm³/mol. The smallest absolute Gasteiger partial charge is 0.416 e. The third-order valence-electron chi connectivity index (χ3n) is 4.76. The van der Waals surface area contributed by atoms with Gasteiger partial charge in [0.1, 0.15) is 11.6 Å². The van der Waals surface area contributed by atoms with Crippen LogP contribution in [0, 0.1) is 5.82 Å². The third-order valence-corrected chi connectivity index (χ3v) is 5.74.